The van der Waals surface area contributed by atoms with Gasteiger partial charge < -0.3 is 10.2 Å². The molecule has 6 rings (SSSR count). The molecule has 2 amide bonds. The van der Waals surface area contributed by atoms with Crippen LogP contribution in [-0.2, 0) is 4.79 Å². The fourth-order valence-corrected chi connectivity index (χ4v) is 5.97. The maximum Gasteiger partial charge on any atom is 0.253 e. The highest BCUT2D eigenvalue weighted by molar-refractivity contribution is 5.99. The highest BCUT2D eigenvalue weighted by Crippen LogP contribution is 2.26. The van der Waals surface area contributed by atoms with Gasteiger partial charge in [0, 0.05) is 48.6 Å². The van der Waals surface area contributed by atoms with Crippen LogP contribution in [0.3, 0.4) is 0 Å². The van der Waals surface area contributed by atoms with E-state index in [9.17, 15) is 9.59 Å². The number of aromatic amines is 1. The lowest BCUT2D eigenvalue weighted by Gasteiger charge is -2.35. The number of nitrogens with zero attached hydrogens (tertiary/aromatic N) is 3. The molecule has 2 N–H and O–H groups in total. The van der Waals surface area contributed by atoms with Gasteiger partial charge in [-0.05, 0) is 73.7 Å². The molecular weight excluding hydrogens is 498 g/mol. The molecule has 7 nitrogen and oxygen atoms in total. The summed E-state index contributed by atoms with van der Waals surface area (Å²) < 4.78 is 0. The first-order chi connectivity index (χ1) is 19.6. The number of likely N-dealkylation sites (tertiary alicyclic amines) is 2. The molecule has 2 aliphatic heterocycles. The van der Waals surface area contributed by atoms with Crippen molar-refractivity contribution in [1.29, 1.82) is 0 Å². The normalized spacial score (nSPS) is 17.9. The van der Waals surface area contributed by atoms with Gasteiger partial charge in [0.15, 0.2) is 0 Å². The van der Waals surface area contributed by atoms with Crippen molar-refractivity contribution in [2.24, 2.45) is 5.92 Å². The number of benzene rings is 3. The van der Waals surface area contributed by atoms with Crippen molar-refractivity contribution in [2.45, 2.75) is 25.3 Å². The number of hydrogen-bond acceptors (Lipinski definition) is 4. The molecule has 0 spiro atoms. The fourth-order valence-electron chi connectivity index (χ4n) is 5.97. The molecule has 2 saturated heterocycles. The summed E-state index contributed by atoms with van der Waals surface area (Å²) in [5, 5.41) is 11.1. The summed E-state index contributed by atoms with van der Waals surface area (Å²) in [6, 6.07) is 24.4. The third-order valence-electron chi connectivity index (χ3n) is 8.25. The second-order valence-electron chi connectivity index (χ2n) is 10.6. The second kappa shape index (κ2) is 11.4. The summed E-state index contributed by atoms with van der Waals surface area (Å²) in [5.74, 6) is 6.84. The van der Waals surface area contributed by atoms with Crippen molar-refractivity contribution in [3.8, 4) is 23.0 Å². The maximum atomic E-state index is 13.5. The van der Waals surface area contributed by atoms with E-state index in [0.29, 0.717) is 17.3 Å². The van der Waals surface area contributed by atoms with Gasteiger partial charge in [-0.2, -0.15) is 5.10 Å². The van der Waals surface area contributed by atoms with E-state index in [1.54, 1.807) is 7.05 Å². The molecule has 0 bridgehead atoms. The molecule has 40 heavy (non-hydrogen) atoms. The Morgan fingerprint density at radius 2 is 1.70 bits per heavy atom. The summed E-state index contributed by atoms with van der Waals surface area (Å²) in [7, 11) is 1.70. The van der Waals surface area contributed by atoms with Gasteiger partial charge >= 0.3 is 0 Å². The quantitative estimate of drug-likeness (QED) is 0.385. The minimum atomic E-state index is 0.0409. The van der Waals surface area contributed by atoms with Crippen LogP contribution in [0.2, 0.25) is 0 Å². The molecule has 202 valence electrons. The van der Waals surface area contributed by atoms with E-state index in [1.165, 1.54) is 0 Å². The van der Waals surface area contributed by atoms with E-state index < -0.39 is 0 Å². The third-order valence-corrected chi connectivity index (χ3v) is 8.25. The first kappa shape index (κ1) is 25.8. The Labute approximate surface area is 234 Å². The standard InChI is InChI=1S/C33H33N5O2/c1-34-32(39)25-15-18-37(19-16-25)27-17-20-38(22-27)33(40)26-12-14-31-29(21-26)30(35-36-31)13-11-24-9-5-6-10-28(24)23-7-3-2-4-8-23/h2-10,12,14,21,25,27H,15-20,22H2,1H3,(H,34,39)(H,35,36)/t27-/m0/s1. The van der Waals surface area contributed by atoms with Crippen LogP contribution in [0.15, 0.2) is 72.8 Å². The maximum absolute atomic E-state index is 13.5. The van der Waals surface area contributed by atoms with Gasteiger partial charge in [0.05, 0.1) is 5.52 Å². The van der Waals surface area contributed by atoms with Crippen molar-refractivity contribution >= 4 is 22.7 Å². The van der Waals surface area contributed by atoms with Crippen LogP contribution in [0, 0.1) is 17.8 Å². The molecule has 2 aliphatic rings. The topological polar surface area (TPSA) is 81.3 Å². The number of carbonyl (C=O) groups is 2. The van der Waals surface area contributed by atoms with E-state index in [0.717, 1.165) is 73.0 Å². The molecule has 0 aliphatic carbocycles. The van der Waals surface area contributed by atoms with Gasteiger partial charge in [0.25, 0.3) is 5.91 Å². The van der Waals surface area contributed by atoms with Gasteiger partial charge in [-0.3, -0.25) is 19.6 Å². The average Bonchev–Trinajstić information content (AvgIpc) is 3.67. The van der Waals surface area contributed by atoms with Crippen molar-refractivity contribution in [3.05, 3.63) is 89.6 Å². The number of nitrogens with one attached hydrogen (secondary N) is 2. The molecule has 2 fully saturated rings. The van der Waals surface area contributed by atoms with Gasteiger partial charge in [-0.1, -0.05) is 54.5 Å². The Morgan fingerprint density at radius 3 is 2.50 bits per heavy atom. The Hall–Kier alpha value is -4.41. The molecule has 4 aromatic rings. The smallest absolute Gasteiger partial charge is 0.253 e. The van der Waals surface area contributed by atoms with Crippen molar-refractivity contribution < 1.29 is 9.59 Å². The minimum Gasteiger partial charge on any atom is -0.359 e. The summed E-state index contributed by atoms with van der Waals surface area (Å²) in [4.78, 5) is 29.9. The Morgan fingerprint density at radius 1 is 0.925 bits per heavy atom. The number of piperidine rings is 1. The number of fused-ring (bicyclic) bond motifs is 1. The highest BCUT2D eigenvalue weighted by atomic mass is 16.2. The zero-order valence-electron chi connectivity index (χ0n) is 22.7. The van der Waals surface area contributed by atoms with E-state index in [-0.39, 0.29) is 17.7 Å². The molecule has 0 saturated carbocycles. The molecule has 1 atom stereocenters. The van der Waals surface area contributed by atoms with Crippen LogP contribution in [-0.4, -0.2) is 71.1 Å². The number of aromatic nitrogens is 2. The van der Waals surface area contributed by atoms with Crippen LogP contribution < -0.4 is 5.32 Å². The number of hydrogen-bond donors (Lipinski definition) is 2. The van der Waals surface area contributed by atoms with Crippen LogP contribution in [0.4, 0.5) is 0 Å². The lowest BCUT2D eigenvalue weighted by atomic mass is 9.95. The Bertz CT molecular complexity index is 1590. The van der Waals surface area contributed by atoms with Crippen LogP contribution in [0.1, 0.15) is 40.9 Å². The molecule has 1 aromatic heterocycles. The van der Waals surface area contributed by atoms with Crippen LogP contribution in [0.5, 0.6) is 0 Å². The Kier molecular flexibility index (Phi) is 7.35. The molecule has 7 heteroatoms. The summed E-state index contributed by atoms with van der Waals surface area (Å²) in [5.41, 5.74) is 5.26. The molecule has 3 aromatic carbocycles. The summed E-state index contributed by atoms with van der Waals surface area (Å²) >= 11 is 0. The fraction of sp³-hybridized carbons (Fsp3) is 0.303. The number of amides is 2. The highest BCUT2D eigenvalue weighted by Gasteiger charge is 2.34. The predicted molar refractivity (Wildman–Crippen MR) is 157 cm³/mol. The van der Waals surface area contributed by atoms with Crippen molar-refractivity contribution in [1.82, 2.24) is 25.3 Å². The number of carbonyl (C=O) groups excluding carboxylic acids is 2. The minimum absolute atomic E-state index is 0.0409. The lowest BCUT2D eigenvalue weighted by molar-refractivity contribution is -0.126. The first-order valence-electron chi connectivity index (χ1n) is 14.0. The van der Waals surface area contributed by atoms with Gasteiger partial charge in [-0.25, -0.2) is 0 Å². The molecular formula is C33H33N5O2. The van der Waals surface area contributed by atoms with Crippen molar-refractivity contribution in [2.75, 3.05) is 33.2 Å². The Balaban J connectivity index is 1.17. The SMILES string of the molecule is CNC(=O)C1CCN([C@H]2CCN(C(=O)c3ccc4[nH]nc(C#Cc5ccccc5-c5ccccc5)c4c3)C2)CC1. The second-order valence-corrected chi connectivity index (χ2v) is 10.6. The zero-order chi connectivity index (χ0) is 27.5. The monoisotopic (exact) mass is 531 g/mol. The molecule has 3 heterocycles. The van der Waals surface area contributed by atoms with Crippen molar-refractivity contribution in [3.63, 3.8) is 0 Å². The molecule has 0 radical (unpaired) electrons. The van der Waals surface area contributed by atoms with E-state index in [4.69, 9.17) is 0 Å². The first-order valence-corrected chi connectivity index (χ1v) is 14.0. The van der Waals surface area contributed by atoms with E-state index in [2.05, 4.69) is 50.5 Å². The number of H-pyrrole nitrogens is 1. The van der Waals surface area contributed by atoms with Gasteiger partial charge in [-0.15, -0.1) is 0 Å². The van der Waals surface area contributed by atoms with E-state index >= 15 is 0 Å². The number of rotatable bonds is 4. The van der Waals surface area contributed by atoms with Gasteiger partial charge in [0.2, 0.25) is 5.91 Å². The van der Waals surface area contributed by atoms with Crippen LogP contribution in [0.25, 0.3) is 22.0 Å². The lowest BCUT2D eigenvalue weighted by Crippen LogP contribution is -2.45. The largest absolute Gasteiger partial charge is 0.359 e. The van der Waals surface area contributed by atoms with Gasteiger partial charge in [0.1, 0.15) is 5.69 Å². The van der Waals surface area contributed by atoms with Crippen LogP contribution >= 0.6 is 0 Å². The average molecular weight is 532 g/mol. The third kappa shape index (κ3) is 5.23. The zero-order valence-corrected chi connectivity index (χ0v) is 22.7. The van der Waals surface area contributed by atoms with E-state index in [1.807, 2.05) is 59.5 Å². The molecule has 0 unspecified atom stereocenters. The predicted octanol–water partition coefficient (Wildman–Crippen LogP) is 4.30. The summed E-state index contributed by atoms with van der Waals surface area (Å²) in [6.45, 7) is 3.27. The summed E-state index contributed by atoms with van der Waals surface area (Å²) in [6.07, 6.45) is 2.71.